The van der Waals surface area contributed by atoms with Crippen molar-refractivity contribution in [2.24, 2.45) is 0 Å². The smallest absolute Gasteiger partial charge is 0.229 e. The van der Waals surface area contributed by atoms with E-state index >= 15 is 0 Å². The Kier molecular flexibility index (Phi) is 5.21. The lowest BCUT2D eigenvalue weighted by molar-refractivity contribution is -0.0401. The number of methoxy groups -OCH3 is 1. The number of aromatic nitrogens is 3. The summed E-state index contributed by atoms with van der Waals surface area (Å²) in [6.07, 6.45) is 5.23. The van der Waals surface area contributed by atoms with Crippen LogP contribution in [0.25, 0.3) is 22.2 Å². The number of rotatable bonds is 7. The second kappa shape index (κ2) is 7.64. The van der Waals surface area contributed by atoms with Gasteiger partial charge in [0.15, 0.2) is 11.4 Å². The van der Waals surface area contributed by atoms with Gasteiger partial charge in [-0.3, -0.25) is 0 Å². The number of aryl methyl sites for hydroxylation is 1. The van der Waals surface area contributed by atoms with Crippen LogP contribution in [0.2, 0.25) is 0 Å². The molecule has 1 aliphatic rings. The zero-order valence-corrected chi connectivity index (χ0v) is 17.1. The first-order chi connectivity index (χ1) is 13.5. The lowest BCUT2D eigenvalue weighted by Gasteiger charge is -2.33. The fourth-order valence-electron chi connectivity index (χ4n) is 3.87. The van der Waals surface area contributed by atoms with Crippen molar-refractivity contribution in [3.05, 3.63) is 23.1 Å². The minimum atomic E-state index is -0.220. The Morgan fingerprint density at radius 3 is 2.89 bits per heavy atom. The number of anilines is 1. The Balaban J connectivity index is 1.86. The average molecular weight is 384 g/mol. The van der Waals surface area contributed by atoms with Gasteiger partial charge in [-0.05, 0) is 32.3 Å². The van der Waals surface area contributed by atoms with Crippen molar-refractivity contribution in [3.63, 3.8) is 0 Å². The van der Waals surface area contributed by atoms with Crippen LogP contribution in [-0.4, -0.2) is 40.8 Å². The van der Waals surface area contributed by atoms with Crippen molar-refractivity contribution in [2.45, 2.75) is 58.7 Å². The zero-order valence-electron chi connectivity index (χ0n) is 17.1. The normalized spacial score (nSPS) is 15.9. The molecule has 4 heterocycles. The van der Waals surface area contributed by atoms with Gasteiger partial charge in [-0.15, -0.1) is 0 Å². The molecule has 7 nitrogen and oxygen atoms in total. The first kappa shape index (κ1) is 19.1. The van der Waals surface area contributed by atoms with Gasteiger partial charge in [-0.2, -0.15) is 0 Å². The molecule has 150 valence electrons. The molecule has 0 unspecified atom stereocenters. The molecule has 7 heteroatoms. The molecule has 4 rings (SSSR count). The highest BCUT2D eigenvalue weighted by Crippen LogP contribution is 2.39. The van der Waals surface area contributed by atoms with Crippen molar-refractivity contribution in [1.82, 2.24) is 15.0 Å². The number of pyridine rings is 1. The highest BCUT2D eigenvalue weighted by atomic mass is 16.5. The quantitative estimate of drug-likeness (QED) is 0.616. The summed E-state index contributed by atoms with van der Waals surface area (Å²) < 4.78 is 17.4. The summed E-state index contributed by atoms with van der Waals surface area (Å²) in [5.74, 6) is 0.705. The van der Waals surface area contributed by atoms with Crippen molar-refractivity contribution < 1.29 is 13.9 Å². The highest BCUT2D eigenvalue weighted by molar-refractivity contribution is 6.06. The molecule has 0 spiro atoms. The van der Waals surface area contributed by atoms with Gasteiger partial charge >= 0.3 is 0 Å². The first-order valence-corrected chi connectivity index (χ1v) is 9.98. The summed E-state index contributed by atoms with van der Waals surface area (Å²) >= 11 is 0. The standard InChI is InChI=1S/C21H28N4O3/c1-5-7-15-14-11-27-21(2,3)10-13(14)16-17-18(28-20(16)25-15)19(24-12-23-17)22-8-6-9-26-4/h12H,5-11H2,1-4H3,(H,22,23,24). The monoisotopic (exact) mass is 384 g/mol. The summed E-state index contributed by atoms with van der Waals surface area (Å²) in [4.78, 5) is 13.8. The van der Waals surface area contributed by atoms with Crippen LogP contribution in [-0.2, 0) is 28.9 Å². The van der Waals surface area contributed by atoms with Crippen molar-refractivity contribution in [1.29, 1.82) is 0 Å². The third-order valence-electron chi connectivity index (χ3n) is 5.22. The summed E-state index contributed by atoms with van der Waals surface area (Å²) in [5.41, 5.74) is 5.45. The summed E-state index contributed by atoms with van der Waals surface area (Å²) in [5, 5.41) is 4.35. The van der Waals surface area contributed by atoms with E-state index in [0.717, 1.165) is 48.8 Å². The molecule has 0 radical (unpaired) electrons. The predicted molar refractivity (Wildman–Crippen MR) is 109 cm³/mol. The maximum Gasteiger partial charge on any atom is 0.229 e. The Labute approximate surface area is 164 Å². The Hall–Kier alpha value is -2.25. The number of fused-ring (bicyclic) bond motifs is 5. The molecule has 0 bridgehead atoms. The summed E-state index contributed by atoms with van der Waals surface area (Å²) in [6, 6.07) is 0. The van der Waals surface area contributed by atoms with Crippen molar-refractivity contribution in [3.8, 4) is 0 Å². The number of hydrogen-bond donors (Lipinski definition) is 1. The van der Waals surface area contributed by atoms with Crippen LogP contribution in [0.4, 0.5) is 5.82 Å². The summed E-state index contributed by atoms with van der Waals surface area (Å²) in [6.45, 7) is 8.46. The molecule has 1 N–H and O–H groups in total. The van der Waals surface area contributed by atoms with Crippen LogP contribution >= 0.6 is 0 Å². The molecular formula is C21H28N4O3. The Bertz CT molecular complexity index is 996. The van der Waals surface area contributed by atoms with Gasteiger partial charge in [0.1, 0.15) is 11.8 Å². The van der Waals surface area contributed by atoms with Crippen molar-refractivity contribution in [2.75, 3.05) is 25.6 Å². The molecule has 0 aliphatic carbocycles. The van der Waals surface area contributed by atoms with Crippen LogP contribution in [0.15, 0.2) is 10.7 Å². The van der Waals surface area contributed by atoms with E-state index < -0.39 is 0 Å². The topological polar surface area (TPSA) is 82.3 Å². The van der Waals surface area contributed by atoms with Crippen LogP contribution in [0.5, 0.6) is 0 Å². The average Bonchev–Trinajstić information content (AvgIpc) is 3.04. The SMILES string of the molecule is CCCc1nc2oc3c(NCCCOC)ncnc3c2c2c1COC(C)(C)C2. The van der Waals surface area contributed by atoms with Crippen LogP contribution in [0.1, 0.15) is 50.4 Å². The molecule has 0 aromatic carbocycles. The Morgan fingerprint density at radius 1 is 1.25 bits per heavy atom. The second-order valence-corrected chi connectivity index (χ2v) is 7.95. The van der Waals surface area contributed by atoms with Gasteiger partial charge in [0.25, 0.3) is 0 Å². The lowest BCUT2D eigenvalue weighted by Crippen LogP contribution is -2.32. The molecule has 0 fully saturated rings. The van der Waals surface area contributed by atoms with Gasteiger partial charge in [-0.1, -0.05) is 13.3 Å². The van der Waals surface area contributed by atoms with Crippen LogP contribution in [0.3, 0.4) is 0 Å². The largest absolute Gasteiger partial charge is 0.432 e. The molecule has 0 amide bonds. The van der Waals surface area contributed by atoms with E-state index in [1.54, 1.807) is 13.4 Å². The van der Waals surface area contributed by atoms with Crippen LogP contribution < -0.4 is 5.32 Å². The van der Waals surface area contributed by atoms with E-state index in [-0.39, 0.29) is 5.60 Å². The third-order valence-corrected chi connectivity index (χ3v) is 5.22. The number of hydrogen-bond acceptors (Lipinski definition) is 7. The maximum absolute atomic E-state index is 6.19. The minimum Gasteiger partial charge on any atom is -0.432 e. The number of ether oxygens (including phenoxy) is 2. The minimum absolute atomic E-state index is 0.220. The van der Waals surface area contributed by atoms with E-state index in [9.17, 15) is 0 Å². The van der Waals surface area contributed by atoms with E-state index in [1.165, 1.54) is 11.1 Å². The first-order valence-electron chi connectivity index (χ1n) is 9.98. The van der Waals surface area contributed by atoms with E-state index in [0.29, 0.717) is 30.3 Å². The fraction of sp³-hybridized carbons (Fsp3) is 0.571. The number of nitrogens with zero attached hydrogens (tertiary/aromatic N) is 3. The van der Waals surface area contributed by atoms with Gasteiger partial charge in [0.2, 0.25) is 5.71 Å². The molecule has 0 atom stereocenters. The Morgan fingerprint density at radius 2 is 2.11 bits per heavy atom. The van der Waals surface area contributed by atoms with Gasteiger partial charge in [0.05, 0.1) is 23.3 Å². The predicted octanol–water partition coefficient (Wildman–Crippen LogP) is 4.02. The molecule has 3 aromatic rings. The van der Waals surface area contributed by atoms with Gasteiger partial charge in [-0.25, -0.2) is 15.0 Å². The van der Waals surface area contributed by atoms with Crippen molar-refractivity contribution >= 4 is 28.0 Å². The molecule has 3 aromatic heterocycles. The lowest BCUT2D eigenvalue weighted by atomic mass is 9.88. The number of nitrogens with one attached hydrogen (secondary N) is 1. The molecule has 1 aliphatic heterocycles. The molecule has 0 saturated carbocycles. The molecule has 0 saturated heterocycles. The maximum atomic E-state index is 6.19. The number of furan rings is 1. The highest BCUT2D eigenvalue weighted by Gasteiger charge is 2.32. The van der Waals surface area contributed by atoms with E-state index in [1.807, 2.05) is 0 Å². The van der Waals surface area contributed by atoms with Gasteiger partial charge < -0.3 is 19.2 Å². The second-order valence-electron chi connectivity index (χ2n) is 7.95. The van der Waals surface area contributed by atoms with E-state index in [4.69, 9.17) is 18.9 Å². The third kappa shape index (κ3) is 3.44. The summed E-state index contributed by atoms with van der Waals surface area (Å²) in [7, 11) is 1.70. The fourth-order valence-corrected chi connectivity index (χ4v) is 3.87. The zero-order chi connectivity index (χ0) is 19.7. The van der Waals surface area contributed by atoms with Crippen LogP contribution in [0, 0.1) is 0 Å². The van der Waals surface area contributed by atoms with E-state index in [2.05, 4.69) is 36.1 Å². The van der Waals surface area contributed by atoms with Gasteiger partial charge in [0, 0.05) is 32.2 Å². The molecule has 28 heavy (non-hydrogen) atoms. The molecular weight excluding hydrogens is 356 g/mol.